The summed E-state index contributed by atoms with van der Waals surface area (Å²) in [5, 5.41) is 2.95. The lowest BCUT2D eigenvalue weighted by Gasteiger charge is -2.15. The number of halogens is 1. The third kappa shape index (κ3) is 5.10. The van der Waals surface area contributed by atoms with Crippen LogP contribution >= 0.6 is 15.9 Å². The molecule has 4 aromatic rings. The molecule has 1 aliphatic rings. The number of anilines is 1. The Hall–Kier alpha value is -3.16. The zero-order chi connectivity index (χ0) is 22.6. The van der Waals surface area contributed by atoms with Crippen LogP contribution in [-0.2, 0) is 0 Å². The monoisotopic (exact) mass is 504 g/mol. The molecule has 7 heteroatoms. The molecule has 1 amide bonds. The van der Waals surface area contributed by atoms with Gasteiger partial charge in [-0.3, -0.25) is 9.69 Å². The third-order valence-electron chi connectivity index (χ3n) is 5.86. The lowest BCUT2D eigenvalue weighted by molar-refractivity contribution is 0.102. The van der Waals surface area contributed by atoms with Crippen LogP contribution in [-0.4, -0.2) is 47.0 Å². The molecular formula is C26H25BrN4O2. The molecule has 1 fully saturated rings. The highest BCUT2D eigenvalue weighted by Gasteiger charge is 2.13. The van der Waals surface area contributed by atoms with Gasteiger partial charge in [-0.05, 0) is 96.5 Å². The second-order valence-electron chi connectivity index (χ2n) is 8.18. The van der Waals surface area contributed by atoms with Crippen molar-refractivity contribution >= 4 is 38.6 Å². The Morgan fingerprint density at radius 2 is 1.85 bits per heavy atom. The molecule has 3 aromatic carbocycles. The van der Waals surface area contributed by atoms with E-state index < -0.39 is 0 Å². The van der Waals surface area contributed by atoms with Crippen LogP contribution in [0, 0.1) is 0 Å². The molecule has 2 N–H and O–H groups in total. The van der Waals surface area contributed by atoms with Gasteiger partial charge in [-0.25, -0.2) is 4.98 Å². The van der Waals surface area contributed by atoms with Gasteiger partial charge < -0.3 is 15.0 Å². The molecule has 0 aliphatic carbocycles. The van der Waals surface area contributed by atoms with E-state index in [0.29, 0.717) is 12.2 Å². The third-order valence-corrected chi connectivity index (χ3v) is 6.48. The Kier molecular flexibility index (Phi) is 6.41. The van der Waals surface area contributed by atoms with Crippen molar-refractivity contribution in [3.8, 4) is 17.1 Å². The first-order valence-corrected chi connectivity index (χ1v) is 12.0. The summed E-state index contributed by atoms with van der Waals surface area (Å²) in [6.45, 7) is 3.88. The summed E-state index contributed by atoms with van der Waals surface area (Å²) in [4.78, 5) is 23.1. The van der Waals surface area contributed by atoms with E-state index in [9.17, 15) is 4.79 Å². The van der Waals surface area contributed by atoms with Gasteiger partial charge in [0.1, 0.15) is 18.2 Å². The highest BCUT2D eigenvalue weighted by atomic mass is 79.9. The van der Waals surface area contributed by atoms with Gasteiger partial charge in [0.2, 0.25) is 0 Å². The molecule has 6 nitrogen and oxygen atoms in total. The molecule has 1 aliphatic heterocycles. The lowest BCUT2D eigenvalue weighted by atomic mass is 10.1. The fourth-order valence-corrected chi connectivity index (χ4v) is 4.55. The fourth-order valence-electron chi connectivity index (χ4n) is 4.05. The Balaban J connectivity index is 1.20. The molecule has 33 heavy (non-hydrogen) atoms. The second-order valence-corrected chi connectivity index (χ2v) is 9.03. The zero-order valence-electron chi connectivity index (χ0n) is 18.2. The van der Waals surface area contributed by atoms with Crippen molar-refractivity contribution < 1.29 is 9.53 Å². The number of rotatable bonds is 7. The van der Waals surface area contributed by atoms with Crippen LogP contribution < -0.4 is 10.1 Å². The lowest BCUT2D eigenvalue weighted by Crippen LogP contribution is -2.25. The molecule has 1 saturated heterocycles. The van der Waals surface area contributed by atoms with E-state index in [2.05, 4.69) is 36.1 Å². The van der Waals surface area contributed by atoms with E-state index in [1.165, 1.54) is 12.8 Å². The number of ether oxygens (including phenoxy) is 1. The number of H-pyrrole nitrogens is 1. The predicted molar refractivity (Wildman–Crippen MR) is 135 cm³/mol. The Bertz CT molecular complexity index is 1230. The zero-order valence-corrected chi connectivity index (χ0v) is 19.8. The first kappa shape index (κ1) is 21.7. The van der Waals surface area contributed by atoms with Crippen molar-refractivity contribution in [2.24, 2.45) is 0 Å². The molecule has 0 unspecified atom stereocenters. The van der Waals surface area contributed by atoms with Gasteiger partial charge >= 0.3 is 0 Å². The largest absolute Gasteiger partial charge is 0.491 e. The summed E-state index contributed by atoms with van der Waals surface area (Å²) in [7, 11) is 0. The average Bonchev–Trinajstić information content (AvgIpc) is 3.50. The molecule has 1 aromatic heterocycles. The van der Waals surface area contributed by atoms with Crippen LogP contribution in [0.1, 0.15) is 23.2 Å². The normalized spacial score (nSPS) is 14.0. The summed E-state index contributed by atoms with van der Waals surface area (Å²) in [6, 6.07) is 21.0. The van der Waals surface area contributed by atoms with E-state index in [4.69, 9.17) is 4.74 Å². The summed E-state index contributed by atoms with van der Waals surface area (Å²) >= 11 is 3.54. The second kappa shape index (κ2) is 9.77. The summed E-state index contributed by atoms with van der Waals surface area (Å²) in [5.74, 6) is 1.38. The minimum absolute atomic E-state index is 0.171. The Morgan fingerprint density at radius 1 is 1.06 bits per heavy atom. The molecule has 0 bridgehead atoms. The van der Waals surface area contributed by atoms with Crippen molar-refractivity contribution in [2.45, 2.75) is 12.8 Å². The topological polar surface area (TPSA) is 70.2 Å². The first-order chi connectivity index (χ1) is 16.2. The fraction of sp³-hybridized carbons (Fsp3) is 0.231. The molecule has 5 rings (SSSR count). The number of fused-ring (bicyclic) bond motifs is 1. The Labute approximate surface area is 201 Å². The maximum atomic E-state index is 12.7. The smallest absolute Gasteiger partial charge is 0.255 e. The quantitative estimate of drug-likeness (QED) is 0.337. The SMILES string of the molecule is O=C(Nc1ccc(-c2nc3ccccc3[nH]2)cc1)c1ccc(OCCN2CCCC2)c(Br)c1. The van der Waals surface area contributed by atoms with Crippen molar-refractivity contribution in [1.82, 2.24) is 14.9 Å². The van der Waals surface area contributed by atoms with Gasteiger partial charge in [-0.1, -0.05) is 12.1 Å². The van der Waals surface area contributed by atoms with Crippen LogP contribution in [0.15, 0.2) is 71.2 Å². The van der Waals surface area contributed by atoms with E-state index >= 15 is 0 Å². The molecule has 0 radical (unpaired) electrons. The summed E-state index contributed by atoms with van der Waals surface area (Å²) in [5.41, 5.74) is 4.18. The van der Waals surface area contributed by atoms with Crippen molar-refractivity contribution in [1.29, 1.82) is 0 Å². The maximum absolute atomic E-state index is 12.7. The number of carbonyl (C=O) groups is 1. The van der Waals surface area contributed by atoms with Crippen LogP contribution in [0.3, 0.4) is 0 Å². The van der Waals surface area contributed by atoms with E-state index in [1.54, 1.807) is 12.1 Å². The van der Waals surface area contributed by atoms with Crippen LogP contribution in [0.25, 0.3) is 22.4 Å². The van der Waals surface area contributed by atoms with Crippen LogP contribution in [0.4, 0.5) is 5.69 Å². The number of aromatic amines is 1. The molecule has 2 heterocycles. The van der Waals surface area contributed by atoms with Gasteiger partial charge in [0, 0.05) is 23.4 Å². The number of likely N-dealkylation sites (tertiary alicyclic amines) is 1. The van der Waals surface area contributed by atoms with Crippen molar-refractivity contribution in [3.63, 3.8) is 0 Å². The number of benzene rings is 3. The number of carbonyl (C=O) groups excluding carboxylic acids is 1. The molecule has 168 valence electrons. The maximum Gasteiger partial charge on any atom is 0.255 e. The molecule has 0 saturated carbocycles. The number of nitrogens with zero attached hydrogens (tertiary/aromatic N) is 2. The standard InChI is InChI=1S/C26H25BrN4O2/c27-21-17-19(9-12-24(21)33-16-15-31-13-3-4-14-31)26(32)28-20-10-7-18(8-11-20)25-29-22-5-1-2-6-23(22)30-25/h1-2,5-12,17H,3-4,13-16H2,(H,28,32)(H,29,30). The van der Waals surface area contributed by atoms with Gasteiger partial charge in [0.15, 0.2) is 0 Å². The molecule has 0 atom stereocenters. The van der Waals surface area contributed by atoms with Crippen LogP contribution in [0.5, 0.6) is 5.75 Å². The molecule has 0 spiro atoms. The Morgan fingerprint density at radius 3 is 2.61 bits per heavy atom. The predicted octanol–water partition coefficient (Wildman–Crippen LogP) is 5.72. The minimum Gasteiger partial charge on any atom is -0.491 e. The van der Waals surface area contributed by atoms with E-state index in [-0.39, 0.29) is 5.91 Å². The number of imidazole rings is 1. The van der Waals surface area contributed by atoms with Gasteiger partial charge in [-0.15, -0.1) is 0 Å². The average molecular weight is 505 g/mol. The first-order valence-electron chi connectivity index (χ1n) is 11.2. The van der Waals surface area contributed by atoms with Crippen LogP contribution in [0.2, 0.25) is 0 Å². The number of amides is 1. The number of hydrogen-bond donors (Lipinski definition) is 2. The van der Waals surface area contributed by atoms with E-state index in [0.717, 1.165) is 58.0 Å². The number of nitrogens with one attached hydrogen (secondary N) is 2. The van der Waals surface area contributed by atoms with E-state index in [1.807, 2.05) is 54.6 Å². The van der Waals surface area contributed by atoms with Gasteiger partial charge in [-0.2, -0.15) is 0 Å². The van der Waals surface area contributed by atoms with Crippen molar-refractivity contribution in [2.75, 3.05) is 31.6 Å². The highest BCUT2D eigenvalue weighted by molar-refractivity contribution is 9.10. The number of aromatic nitrogens is 2. The minimum atomic E-state index is -0.171. The van der Waals surface area contributed by atoms with Crippen molar-refractivity contribution in [3.05, 3.63) is 76.8 Å². The van der Waals surface area contributed by atoms with Gasteiger partial charge in [0.05, 0.1) is 15.5 Å². The molecular weight excluding hydrogens is 480 g/mol. The summed E-state index contributed by atoms with van der Waals surface area (Å²) in [6.07, 6.45) is 2.55. The number of para-hydroxylation sites is 2. The summed E-state index contributed by atoms with van der Waals surface area (Å²) < 4.78 is 6.67. The highest BCUT2D eigenvalue weighted by Crippen LogP contribution is 2.27. The number of hydrogen-bond acceptors (Lipinski definition) is 4. The van der Waals surface area contributed by atoms with Gasteiger partial charge in [0.25, 0.3) is 5.91 Å².